The third kappa shape index (κ3) is 2.47. The fourth-order valence-corrected chi connectivity index (χ4v) is 2.82. The van der Waals surface area contributed by atoms with Crippen LogP contribution < -0.4 is 5.73 Å². The monoisotopic (exact) mass is 295 g/mol. The highest BCUT2D eigenvalue weighted by Gasteiger charge is 2.17. The number of hydrogen-bond donors (Lipinski definition) is 1. The molecule has 0 aliphatic rings. The number of nitrogens with two attached hydrogens (primary N) is 1. The Balaban J connectivity index is 2.42. The summed E-state index contributed by atoms with van der Waals surface area (Å²) >= 11 is 6.44. The molecule has 2 rings (SSSR count). The van der Waals surface area contributed by atoms with Crippen molar-refractivity contribution in [3.8, 4) is 0 Å². The van der Waals surface area contributed by atoms with E-state index in [1.54, 1.807) is 0 Å². The van der Waals surface area contributed by atoms with E-state index in [4.69, 9.17) is 17.3 Å². The van der Waals surface area contributed by atoms with Gasteiger partial charge in [0.1, 0.15) is 0 Å². The topological polar surface area (TPSA) is 61.7 Å². The van der Waals surface area contributed by atoms with Crippen LogP contribution in [0.3, 0.4) is 0 Å². The standard InChI is InChI=1S/C14H22ClN5/c1-5-12-14(15)13(19(6-2)18-12)8-20-10(4)11(7-16)9(3)17-20/h5-8,16H2,1-4H3. The molecule has 110 valence electrons. The molecule has 5 nitrogen and oxygen atoms in total. The van der Waals surface area contributed by atoms with Gasteiger partial charge in [0.15, 0.2) is 0 Å². The molecule has 0 saturated carbocycles. The molecule has 2 N–H and O–H groups in total. The first kappa shape index (κ1) is 15.1. The van der Waals surface area contributed by atoms with Crippen LogP contribution in [0.15, 0.2) is 0 Å². The summed E-state index contributed by atoms with van der Waals surface area (Å²) in [4.78, 5) is 0. The van der Waals surface area contributed by atoms with Crippen molar-refractivity contribution in [2.45, 2.75) is 53.8 Å². The summed E-state index contributed by atoms with van der Waals surface area (Å²) in [5, 5.41) is 9.87. The third-order valence-corrected chi connectivity index (χ3v) is 4.17. The molecule has 2 aromatic heterocycles. The normalized spacial score (nSPS) is 11.3. The van der Waals surface area contributed by atoms with Gasteiger partial charge in [-0.15, -0.1) is 0 Å². The highest BCUT2D eigenvalue weighted by atomic mass is 35.5. The van der Waals surface area contributed by atoms with Crippen LogP contribution in [-0.2, 0) is 26.1 Å². The first-order valence-electron chi connectivity index (χ1n) is 7.00. The Morgan fingerprint density at radius 1 is 1.15 bits per heavy atom. The van der Waals surface area contributed by atoms with Gasteiger partial charge >= 0.3 is 0 Å². The third-order valence-electron chi connectivity index (χ3n) is 3.73. The summed E-state index contributed by atoms with van der Waals surface area (Å²) in [5.41, 5.74) is 10.9. The minimum atomic E-state index is 0.513. The Bertz CT molecular complexity index is 612. The molecule has 0 spiro atoms. The smallest absolute Gasteiger partial charge is 0.0869 e. The van der Waals surface area contributed by atoms with E-state index in [0.717, 1.165) is 46.3 Å². The van der Waals surface area contributed by atoms with Gasteiger partial charge in [-0.2, -0.15) is 10.2 Å². The summed E-state index contributed by atoms with van der Waals surface area (Å²) in [7, 11) is 0. The van der Waals surface area contributed by atoms with Crippen LogP contribution in [0.1, 0.15) is 42.2 Å². The average molecular weight is 296 g/mol. The Morgan fingerprint density at radius 2 is 1.85 bits per heavy atom. The second kappa shape index (κ2) is 5.97. The molecule has 0 radical (unpaired) electrons. The lowest BCUT2D eigenvalue weighted by Gasteiger charge is -2.08. The van der Waals surface area contributed by atoms with E-state index in [1.807, 2.05) is 23.2 Å². The minimum absolute atomic E-state index is 0.513. The van der Waals surface area contributed by atoms with Gasteiger partial charge in [-0.25, -0.2) is 0 Å². The summed E-state index contributed by atoms with van der Waals surface area (Å²) < 4.78 is 3.92. The van der Waals surface area contributed by atoms with E-state index in [-0.39, 0.29) is 0 Å². The summed E-state index contributed by atoms with van der Waals surface area (Å²) in [6, 6.07) is 0. The molecule has 2 heterocycles. The van der Waals surface area contributed by atoms with Crippen molar-refractivity contribution in [2.24, 2.45) is 5.73 Å². The zero-order valence-corrected chi connectivity index (χ0v) is 13.3. The van der Waals surface area contributed by atoms with Crippen molar-refractivity contribution in [3.63, 3.8) is 0 Å². The molecule has 0 fully saturated rings. The minimum Gasteiger partial charge on any atom is -0.326 e. The molecular weight excluding hydrogens is 274 g/mol. The zero-order valence-electron chi connectivity index (χ0n) is 12.6. The number of nitrogens with zero attached hydrogens (tertiary/aromatic N) is 4. The van der Waals surface area contributed by atoms with E-state index >= 15 is 0 Å². The van der Waals surface area contributed by atoms with Crippen LogP contribution in [0.5, 0.6) is 0 Å². The van der Waals surface area contributed by atoms with Gasteiger partial charge in [0.25, 0.3) is 0 Å². The number of aromatic nitrogens is 4. The number of rotatable bonds is 5. The van der Waals surface area contributed by atoms with Crippen molar-refractivity contribution >= 4 is 11.6 Å². The van der Waals surface area contributed by atoms with Gasteiger partial charge in [-0.1, -0.05) is 18.5 Å². The van der Waals surface area contributed by atoms with Gasteiger partial charge in [0.05, 0.1) is 28.6 Å². The lowest BCUT2D eigenvalue weighted by Crippen LogP contribution is -2.11. The summed E-state index contributed by atoms with van der Waals surface area (Å²) in [6.07, 6.45) is 0.837. The maximum atomic E-state index is 6.44. The lowest BCUT2D eigenvalue weighted by molar-refractivity contribution is 0.565. The fraction of sp³-hybridized carbons (Fsp3) is 0.571. The second-order valence-corrected chi connectivity index (χ2v) is 5.27. The van der Waals surface area contributed by atoms with Gasteiger partial charge in [0, 0.05) is 24.3 Å². The number of aryl methyl sites for hydroxylation is 3. The van der Waals surface area contributed by atoms with E-state index in [1.165, 1.54) is 0 Å². The Morgan fingerprint density at radius 3 is 2.35 bits per heavy atom. The van der Waals surface area contributed by atoms with E-state index < -0.39 is 0 Å². The molecular formula is C14H22ClN5. The van der Waals surface area contributed by atoms with Crippen LogP contribution >= 0.6 is 11.6 Å². The largest absolute Gasteiger partial charge is 0.326 e. The molecule has 0 aliphatic heterocycles. The Kier molecular flexibility index (Phi) is 4.50. The van der Waals surface area contributed by atoms with Gasteiger partial charge in [0.2, 0.25) is 0 Å². The van der Waals surface area contributed by atoms with Crippen LogP contribution in [-0.4, -0.2) is 19.6 Å². The lowest BCUT2D eigenvalue weighted by atomic mass is 10.2. The molecule has 0 aliphatic carbocycles. The van der Waals surface area contributed by atoms with Crippen molar-refractivity contribution in [3.05, 3.63) is 33.4 Å². The quantitative estimate of drug-likeness (QED) is 0.921. The van der Waals surface area contributed by atoms with E-state index in [9.17, 15) is 0 Å². The molecule has 20 heavy (non-hydrogen) atoms. The van der Waals surface area contributed by atoms with Crippen LogP contribution in [0.4, 0.5) is 0 Å². The second-order valence-electron chi connectivity index (χ2n) is 4.89. The van der Waals surface area contributed by atoms with Gasteiger partial charge in [-0.05, 0) is 27.2 Å². The van der Waals surface area contributed by atoms with Crippen LogP contribution in [0.25, 0.3) is 0 Å². The summed E-state index contributed by atoms with van der Waals surface area (Å²) in [6.45, 7) is 10.1. The van der Waals surface area contributed by atoms with E-state index in [2.05, 4.69) is 24.0 Å². The average Bonchev–Trinajstić information content (AvgIpc) is 2.88. The van der Waals surface area contributed by atoms with Gasteiger partial charge in [-0.3, -0.25) is 9.36 Å². The maximum Gasteiger partial charge on any atom is 0.0869 e. The zero-order chi connectivity index (χ0) is 14.9. The van der Waals surface area contributed by atoms with Crippen molar-refractivity contribution in [1.82, 2.24) is 19.6 Å². The van der Waals surface area contributed by atoms with Crippen LogP contribution in [0.2, 0.25) is 5.02 Å². The number of hydrogen-bond acceptors (Lipinski definition) is 3. The Labute approximate surface area is 124 Å². The molecule has 0 unspecified atom stereocenters. The van der Waals surface area contributed by atoms with Crippen LogP contribution in [0, 0.1) is 13.8 Å². The predicted octanol–water partition coefficient (Wildman–Crippen LogP) is 2.44. The molecule has 0 saturated heterocycles. The first-order valence-corrected chi connectivity index (χ1v) is 7.38. The highest BCUT2D eigenvalue weighted by molar-refractivity contribution is 6.31. The molecule has 0 amide bonds. The van der Waals surface area contributed by atoms with Crippen molar-refractivity contribution < 1.29 is 0 Å². The van der Waals surface area contributed by atoms with Crippen molar-refractivity contribution in [2.75, 3.05) is 0 Å². The van der Waals surface area contributed by atoms with Crippen molar-refractivity contribution in [1.29, 1.82) is 0 Å². The maximum absolute atomic E-state index is 6.44. The predicted molar refractivity (Wildman–Crippen MR) is 81.0 cm³/mol. The summed E-state index contributed by atoms with van der Waals surface area (Å²) in [5.74, 6) is 0. The molecule has 2 aromatic rings. The molecule has 0 atom stereocenters. The Hall–Kier alpha value is -1.33. The number of halogens is 1. The first-order chi connectivity index (χ1) is 9.53. The van der Waals surface area contributed by atoms with E-state index in [0.29, 0.717) is 13.1 Å². The highest BCUT2D eigenvalue weighted by Crippen LogP contribution is 2.23. The fourth-order valence-electron chi connectivity index (χ4n) is 2.49. The molecule has 0 bridgehead atoms. The van der Waals surface area contributed by atoms with Gasteiger partial charge < -0.3 is 5.73 Å². The SMILES string of the molecule is CCc1nn(CC)c(Cn2nc(C)c(CN)c2C)c1Cl. The molecule has 0 aromatic carbocycles. The molecule has 6 heteroatoms.